The second-order valence-electron chi connectivity index (χ2n) is 13.5. The molecule has 3 N–H and O–H groups in total. The summed E-state index contributed by atoms with van der Waals surface area (Å²) in [6.07, 6.45) is 6.31. The number of thiazole rings is 1. The number of fused-ring (bicyclic) bond motifs is 3. The van der Waals surface area contributed by atoms with Crippen molar-refractivity contribution in [2.45, 2.75) is 96.1 Å². The predicted octanol–water partition coefficient (Wildman–Crippen LogP) is 6.00. The first-order chi connectivity index (χ1) is 22.1. The van der Waals surface area contributed by atoms with E-state index in [1.54, 1.807) is 7.11 Å². The normalized spacial score (nSPS) is 27.2. The van der Waals surface area contributed by atoms with Gasteiger partial charge in [0.05, 0.1) is 30.2 Å². The minimum Gasteiger partial charge on any atom is -0.496 e. The maximum Gasteiger partial charge on any atom is 0.329 e. The Morgan fingerprint density at radius 2 is 1.78 bits per heavy atom. The Morgan fingerprint density at radius 3 is 2.50 bits per heavy atom. The van der Waals surface area contributed by atoms with Crippen LogP contribution in [0, 0.1) is 24.7 Å². The maximum atomic E-state index is 13.8. The Morgan fingerprint density at radius 1 is 1.04 bits per heavy atom. The third-order valence-corrected chi connectivity index (χ3v) is 10.9. The van der Waals surface area contributed by atoms with Crippen LogP contribution in [-0.2, 0) is 14.4 Å². The van der Waals surface area contributed by atoms with E-state index >= 15 is 0 Å². The van der Waals surface area contributed by atoms with Crippen molar-refractivity contribution in [3.63, 3.8) is 0 Å². The molecule has 3 fully saturated rings. The van der Waals surface area contributed by atoms with Crippen molar-refractivity contribution < 1.29 is 29.0 Å². The fraction of sp³-hybridized carbons (Fsp3) is 0.571. The van der Waals surface area contributed by atoms with E-state index < -0.39 is 29.4 Å². The van der Waals surface area contributed by atoms with Crippen LogP contribution < -0.4 is 20.1 Å². The number of rotatable bonds is 6. The van der Waals surface area contributed by atoms with Crippen molar-refractivity contribution in [3.8, 4) is 22.2 Å². The molecule has 5 atom stereocenters. The lowest BCUT2D eigenvalue weighted by Gasteiger charge is -2.22. The van der Waals surface area contributed by atoms with E-state index in [1.807, 2.05) is 30.5 Å². The number of nitrogens with zero attached hydrogens (tertiary/aromatic N) is 2. The molecule has 3 aromatic rings. The van der Waals surface area contributed by atoms with E-state index in [1.165, 1.54) is 11.3 Å². The summed E-state index contributed by atoms with van der Waals surface area (Å²) in [5.74, 6) is -1.36. The number of ether oxygens (including phenoxy) is 2. The number of aliphatic carboxylic acids is 1. The molecular formula is C35H44N4O6S. The van der Waals surface area contributed by atoms with Gasteiger partial charge in [0.15, 0.2) is 0 Å². The van der Waals surface area contributed by atoms with E-state index in [2.05, 4.69) is 24.5 Å². The van der Waals surface area contributed by atoms with E-state index in [9.17, 15) is 19.5 Å². The first-order valence-corrected chi connectivity index (χ1v) is 17.4. The van der Waals surface area contributed by atoms with Crippen LogP contribution in [-0.4, -0.2) is 58.2 Å². The monoisotopic (exact) mass is 648 g/mol. The third kappa shape index (κ3) is 6.30. The van der Waals surface area contributed by atoms with Gasteiger partial charge in [0.1, 0.15) is 33.8 Å². The quantitative estimate of drug-likeness (QED) is 0.296. The van der Waals surface area contributed by atoms with Crippen LogP contribution in [0.25, 0.3) is 21.6 Å². The summed E-state index contributed by atoms with van der Waals surface area (Å²) in [6.45, 7) is 6.72. The fourth-order valence-electron chi connectivity index (χ4n) is 7.17. The minimum atomic E-state index is -1.24. The van der Waals surface area contributed by atoms with Crippen molar-refractivity contribution in [2.75, 3.05) is 13.7 Å². The van der Waals surface area contributed by atoms with Crippen molar-refractivity contribution in [2.24, 2.45) is 17.8 Å². The smallest absolute Gasteiger partial charge is 0.329 e. The van der Waals surface area contributed by atoms with Crippen LogP contribution in [0.1, 0.15) is 88.8 Å². The van der Waals surface area contributed by atoms with Gasteiger partial charge in [0.2, 0.25) is 11.8 Å². The number of carbonyl (C=O) groups is 3. The summed E-state index contributed by atoms with van der Waals surface area (Å²) in [5.41, 5.74) is 2.04. The Balaban J connectivity index is 1.32. The number of aromatic nitrogens is 2. The molecule has 3 heterocycles. The Kier molecular flexibility index (Phi) is 9.23. The zero-order chi connectivity index (χ0) is 32.6. The number of hydrogen-bond acceptors (Lipinski definition) is 8. The predicted molar refractivity (Wildman–Crippen MR) is 176 cm³/mol. The van der Waals surface area contributed by atoms with Gasteiger partial charge in [-0.3, -0.25) is 9.59 Å². The molecule has 0 spiro atoms. The number of pyridine rings is 1. The average Bonchev–Trinajstić information content (AvgIpc) is 3.33. The highest BCUT2D eigenvalue weighted by atomic mass is 32.1. The fourth-order valence-corrected chi connectivity index (χ4v) is 8.11. The summed E-state index contributed by atoms with van der Waals surface area (Å²) in [4.78, 5) is 49.5. The van der Waals surface area contributed by atoms with Crippen LogP contribution >= 0.6 is 11.3 Å². The molecule has 46 heavy (non-hydrogen) atoms. The van der Waals surface area contributed by atoms with Gasteiger partial charge in [-0.15, -0.1) is 11.3 Å². The highest BCUT2D eigenvalue weighted by molar-refractivity contribution is 7.13. The number of nitrogens with one attached hydrogen (secondary N) is 2. The lowest BCUT2D eigenvalue weighted by Crippen LogP contribution is -2.49. The number of benzene rings is 1. The average molecular weight is 649 g/mol. The van der Waals surface area contributed by atoms with Crippen molar-refractivity contribution >= 4 is 40.0 Å². The van der Waals surface area contributed by atoms with Crippen LogP contribution in [0.5, 0.6) is 11.5 Å². The van der Waals surface area contributed by atoms with Gasteiger partial charge in [0.25, 0.3) is 0 Å². The Labute approximate surface area is 273 Å². The van der Waals surface area contributed by atoms with Gasteiger partial charge in [-0.1, -0.05) is 39.5 Å². The largest absolute Gasteiger partial charge is 0.496 e. The summed E-state index contributed by atoms with van der Waals surface area (Å²) in [7, 11) is 1.63. The van der Waals surface area contributed by atoms with E-state index in [-0.39, 0.29) is 23.7 Å². The highest BCUT2D eigenvalue weighted by Crippen LogP contribution is 2.48. The molecule has 0 bridgehead atoms. The molecule has 0 unspecified atom stereocenters. The molecule has 246 valence electrons. The van der Waals surface area contributed by atoms with E-state index in [0.29, 0.717) is 43.0 Å². The third-order valence-electron chi connectivity index (χ3n) is 10.0. The molecular weight excluding hydrogens is 604 g/mol. The number of carboxylic acid groups (broad SMARTS) is 1. The van der Waals surface area contributed by atoms with Gasteiger partial charge in [-0.2, -0.15) is 0 Å². The van der Waals surface area contributed by atoms with Crippen LogP contribution in [0.2, 0.25) is 0 Å². The lowest BCUT2D eigenvalue weighted by molar-refractivity contribution is -0.145. The first-order valence-electron chi connectivity index (χ1n) is 16.5. The number of aryl methyl sites for hydroxylation is 1. The molecule has 1 aliphatic heterocycles. The molecule has 2 aromatic heterocycles. The highest BCUT2D eigenvalue weighted by Gasteiger charge is 2.62. The summed E-state index contributed by atoms with van der Waals surface area (Å²) < 4.78 is 12.3. The van der Waals surface area contributed by atoms with Gasteiger partial charge >= 0.3 is 5.97 Å². The van der Waals surface area contributed by atoms with Gasteiger partial charge < -0.3 is 25.2 Å². The van der Waals surface area contributed by atoms with Gasteiger partial charge in [0, 0.05) is 28.9 Å². The number of methoxy groups -OCH3 is 1. The molecule has 0 radical (unpaired) electrons. The number of carbonyl (C=O) groups excluding carboxylic acids is 2. The first kappa shape index (κ1) is 32.2. The summed E-state index contributed by atoms with van der Waals surface area (Å²) >= 11 is 1.53. The lowest BCUT2D eigenvalue weighted by atomic mass is 9.93. The van der Waals surface area contributed by atoms with Crippen LogP contribution in [0.15, 0.2) is 23.6 Å². The topological polar surface area (TPSA) is 140 Å². The Bertz CT molecular complexity index is 1640. The number of hydrogen-bond donors (Lipinski definition) is 3. The molecule has 2 aliphatic carbocycles. The SMILES string of the molecule is COc1ccc2c(O[C@H]3C[C@H]4C(=O)NCCCCCCC[C@@H]5C[C@@]5(C(=O)O)NC(=O)[C@@H]4C3)cc(-c3nc(C(C)C)cs3)nc2c1C. The van der Waals surface area contributed by atoms with Crippen LogP contribution in [0.4, 0.5) is 0 Å². The molecule has 1 saturated heterocycles. The standard InChI is InChI=1S/C35H44N4O6S/c1-19(2)27-18-46-33(38-27)26-16-29(23-11-12-28(44-4)20(3)30(23)37-26)45-22-14-24-25(15-22)32(41)39-35(34(42)43)17-21(35)10-8-6-5-7-9-13-36-31(24)40/h11-12,16,18-19,21-22,24-25H,5-10,13-15,17H2,1-4H3,(H,36,40)(H,39,41)(H,42,43)/t21-,22+,24-,25-,35-/m1/s1. The molecule has 10 nitrogen and oxygen atoms in total. The summed E-state index contributed by atoms with van der Waals surface area (Å²) in [5, 5.41) is 19.7. The van der Waals surface area contributed by atoms with Crippen molar-refractivity contribution in [3.05, 3.63) is 34.8 Å². The number of amides is 2. The van der Waals surface area contributed by atoms with E-state index in [0.717, 1.165) is 65.7 Å². The van der Waals surface area contributed by atoms with Crippen molar-refractivity contribution in [1.82, 2.24) is 20.6 Å². The molecule has 2 saturated carbocycles. The number of carboxylic acids is 1. The minimum absolute atomic E-state index is 0.0799. The van der Waals surface area contributed by atoms with Crippen molar-refractivity contribution in [1.29, 1.82) is 0 Å². The molecule has 1 aromatic carbocycles. The zero-order valence-electron chi connectivity index (χ0n) is 27.1. The molecule has 11 heteroatoms. The Hall–Kier alpha value is -3.73. The molecule has 6 rings (SSSR count). The molecule has 3 aliphatic rings. The second kappa shape index (κ2) is 13.2. The van der Waals surface area contributed by atoms with Crippen LogP contribution in [0.3, 0.4) is 0 Å². The molecule has 2 amide bonds. The second-order valence-corrected chi connectivity index (χ2v) is 14.3. The van der Waals surface area contributed by atoms with E-state index in [4.69, 9.17) is 19.4 Å². The van der Waals surface area contributed by atoms with Gasteiger partial charge in [-0.05, 0) is 63.0 Å². The summed E-state index contributed by atoms with van der Waals surface area (Å²) in [6, 6.07) is 5.71. The maximum absolute atomic E-state index is 13.8. The zero-order valence-corrected chi connectivity index (χ0v) is 27.9. The van der Waals surface area contributed by atoms with Gasteiger partial charge in [-0.25, -0.2) is 14.8 Å².